The molecular formula is C18H20FN5. The Morgan fingerprint density at radius 2 is 2.04 bits per heavy atom. The number of hydrogen-bond donors (Lipinski definition) is 0. The van der Waals surface area contributed by atoms with Gasteiger partial charge in [-0.2, -0.15) is 5.10 Å². The van der Waals surface area contributed by atoms with E-state index in [4.69, 9.17) is 0 Å². The molecule has 0 N–H and O–H groups in total. The molecule has 1 fully saturated rings. The first-order chi connectivity index (χ1) is 11.8. The van der Waals surface area contributed by atoms with Gasteiger partial charge in [-0.15, -0.1) is 0 Å². The number of rotatable bonds is 3. The zero-order chi connectivity index (χ0) is 16.5. The Morgan fingerprint density at radius 1 is 1.21 bits per heavy atom. The van der Waals surface area contributed by atoms with Gasteiger partial charge in [-0.05, 0) is 43.4 Å². The van der Waals surface area contributed by atoms with Gasteiger partial charge in [-0.3, -0.25) is 4.68 Å². The van der Waals surface area contributed by atoms with Crippen LogP contribution in [0.15, 0.2) is 36.9 Å². The summed E-state index contributed by atoms with van der Waals surface area (Å²) in [5.41, 5.74) is 1.71. The van der Waals surface area contributed by atoms with Gasteiger partial charge in [-0.1, -0.05) is 6.07 Å². The summed E-state index contributed by atoms with van der Waals surface area (Å²) < 4.78 is 15.9. The molecule has 0 amide bonds. The molecule has 0 spiro atoms. The summed E-state index contributed by atoms with van der Waals surface area (Å²) >= 11 is 0. The van der Waals surface area contributed by atoms with Crippen molar-refractivity contribution >= 4 is 16.7 Å². The Bertz CT molecular complexity index is 851. The maximum absolute atomic E-state index is 13.9. The lowest BCUT2D eigenvalue weighted by molar-refractivity contribution is 0.502. The molecule has 1 aliphatic heterocycles. The molecule has 24 heavy (non-hydrogen) atoms. The standard InChI is InChI=1S/C18H20FN5/c1-2-24-11-14(10-22-24)13-6-8-23(9-7-13)18-15-4-3-5-16(19)17(15)20-12-21-18/h3-5,10-13H,2,6-9H2,1H3. The molecule has 1 aromatic carbocycles. The molecule has 0 saturated carbocycles. The van der Waals surface area contributed by atoms with Crippen LogP contribution in [0.5, 0.6) is 0 Å². The van der Waals surface area contributed by atoms with E-state index in [0.29, 0.717) is 11.4 Å². The summed E-state index contributed by atoms with van der Waals surface area (Å²) in [5, 5.41) is 5.17. The first-order valence-electron chi connectivity index (χ1n) is 8.42. The van der Waals surface area contributed by atoms with E-state index in [0.717, 1.165) is 43.7 Å². The van der Waals surface area contributed by atoms with E-state index in [2.05, 4.69) is 33.1 Å². The van der Waals surface area contributed by atoms with Gasteiger partial charge in [0, 0.05) is 31.2 Å². The lowest BCUT2D eigenvalue weighted by atomic mass is 9.91. The number of benzene rings is 1. The van der Waals surface area contributed by atoms with Crippen LogP contribution in [0.3, 0.4) is 0 Å². The largest absolute Gasteiger partial charge is 0.356 e. The van der Waals surface area contributed by atoms with Crippen molar-refractivity contribution in [2.45, 2.75) is 32.2 Å². The van der Waals surface area contributed by atoms with Crippen LogP contribution < -0.4 is 4.90 Å². The minimum absolute atomic E-state index is 0.294. The van der Waals surface area contributed by atoms with E-state index in [9.17, 15) is 4.39 Å². The van der Waals surface area contributed by atoms with Gasteiger partial charge < -0.3 is 4.90 Å². The number of aryl methyl sites for hydroxylation is 1. The van der Waals surface area contributed by atoms with E-state index in [1.54, 1.807) is 6.07 Å². The van der Waals surface area contributed by atoms with Gasteiger partial charge >= 0.3 is 0 Å². The Morgan fingerprint density at radius 3 is 2.79 bits per heavy atom. The van der Waals surface area contributed by atoms with Crippen molar-refractivity contribution in [1.29, 1.82) is 0 Å². The molecule has 4 rings (SSSR count). The maximum Gasteiger partial charge on any atom is 0.149 e. The molecule has 5 nitrogen and oxygen atoms in total. The summed E-state index contributed by atoms with van der Waals surface area (Å²) in [6.45, 7) is 4.81. The molecule has 0 atom stereocenters. The van der Waals surface area contributed by atoms with Crippen LogP contribution in [0.1, 0.15) is 31.2 Å². The van der Waals surface area contributed by atoms with E-state index in [1.807, 2.05) is 16.9 Å². The van der Waals surface area contributed by atoms with E-state index < -0.39 is 0 Å². The lowest BCUT2D eigenvalue weighted by Gasteiger charge is -2.33. The van der Waals surface area contributed by atoms with Crippen LogP contribution in [-0.2, 0) is 6.54 Å². The monoisotopic (exact) mass is 325 g/mol. The number of aromatic nitrogens is 4. The van der Waals surface area contributed by atoms with Gasteiger partial charge in [0.2, 0.25) is 0 Å². The molecular weight excluding hydrogens is 305 g/mol. The Labute approximate surface area is 140 Å². The zero-order valence-corrected chi connectivity index (χ0v) is 13.7. The molecule has 1 saturated heterocycles. The van der Waals surface area contributed by atoms with Crippen molar-refractivity contribution < 1.29 is 4.39 Å². The second kappa shape index (κ2) is 6.19. The van der Waals surface area contributed by atoms with E-state index in [1.165, 1.54) is 18.0 Å². The quantitative estimate of drug-likeness (QED) is 0.741. The fraction of sp³-hybridized carbons (Fsp3) is 0.389. The predicted molar refractivity (Wildman–Crippen MR) is 91.6 cm³/mol. The molecule has 3 heterocycles. The number of nitrogens with zero attached hydrogens (tertiary/aromatic N) is 5. The Balaban J connectivity index is 1.55. The fourth-order valence-corrected chi connectivity index (χ4v) is 3.48. The first-order valence-corrected chi connectivity index (χ1v) is 8.42. The van der Waals surface area contributed by atoms with Crippen molar-refractivity contribution in [1.82, 2.24) is 19.7 Å². The third kappa shape index (κ3) is 2.62. The zero-order valence-electron chi connectivity index (χ0n) is 13.7. The second-order valence-electron chi connectivity index (χ2n) is 6.22. The molecule has 0 unspecified atom stereocenters. The molecule has 124 valence electrons. The molecule has 1 aliphatic rings. The van der Waals surface area contributed by atoms with Crippen molar-refractivity contribution in [2.24, 2.45) is 0 Å². The van der Waals surface area contributed by atoms with Gasteiger partial charge in [0.25, 0.3) is 0 Å². The lowest BCUT2D eigenvalue weighted by Crippen LogP contribution is -2.33. The van der Waals surface area contributed by atoms with E-state index in [-0.39, 0.29) is 5.82 Å². The number of piperidine rings is 1. The summed E-state index contributed by atoms with van der Waals surface area (Å²) in [7, 11) is 0. The van der Waals surface area contributed by atoms with Crippen LogP contribution >= 0.6 is 0 Å². The number of anilines is 1. The first kappa shape index (κ1) is 15.1. The van der Waals surface area contributed by atoms with Crippen LogP contribution in [0.4, 0.5) is 10.2 Å². The Kier molecular flexibility index (Phi) is 3.88. The fourth-order valence-electron chi connectivity index (χ4n) is 3.48. The molecule has 0 radical (unpaired) electrons. The summed E-state index contributed by atoms with van der Waals surface area (Å²) in [5.74, 6) is 1.08. The molecule has 0 bridgehead atoms. The van der Waals surface area contributed by atoms with Crippen molar-refractivity contribution in [3.8, 4) is 0 Å². The average Bonchev–Trinajstić information content (AvgIpc) is 3.11. The smallest absolute Gasteiger partial charge is 0.149 e. The van der Waals surface area contributed by atoms with Crippen molar-refractivity contribution in [2.75, 3.05) is 18.0 Å². The second-order valence-corrected chi connectivity index (χ2v) is 6.22. The third-order valence-corrected chi connectivity index (χ3v) is 4.84. The summed E-state index contributed by atoms with van der Waals surface area (Å²) in [6.07, 6.45) is 7.69. The molecule has 2 aromatic heterocycles. The molecule has 6 heteroatoms. The average molecular weight is 325 g/mol. The SMILES string of the molecule is CCn1cc(C2CCN(c3ncnc4c(F)cccc34)CC2)cn1. The van der Waals surface area contributed by atoms with Crippen LogP contribution in [0.2, 0.25) is 0 Å². The number of hydrogen-bond acceptors (Lipinski definition) is 4. The van der Waals surface area contributed by atoms with Crippen molar-refractivity contribution in [3.05, 3.63) is 48.3 Å². The topological polar surface area (TPSA) is 46.8 Å². The summed E-state index contributed by atoms with van der Waals surface area (Å²) in [4.78, 5) is 10.7. The highest BCUT2D eigenvalue weighted by atomic mass is 19.1. The highest BCUT2D eigenvalue weighted by molar-refractivity contribution is 5.89. The normalized spacial score (nSPS) is 16.0. The Hall–Kier alpha value is -2.50. The number of fused-ring (bicyclic) bond motifs is 1. The number of para-hydroxylation sites is 1. The molecule has 0 aliphatic carbocycles. The van der Waals surface area contributed by atoms with E-state index >= 15 is 0 Å². The minimum Gasteiger partial charge on any atom is -0.356 e. The van der Waals surface area contributed by atoms with Crippen LogP contribution in [0.25, 0.3) is 10.9 Å². The van der Waals surface area contributed by atoms with Gasteiger partial charge in [0.1, 0.15) is 23.5 Å². The van der Waals surface area contributed by atoms with Crippen LogP contribution in [-0.4, -0.2) is 32.8 Å². The summed E-state index contributed by atoms with van der Waals surface area (Å²) in [6, 6.07) is 5.05. The predicted octanol–water partition coefficient (Wildman–Crippen LogP) is 3.37. The van der Waals surface area contributed by atoms with Gasteiger partial charge in [0.05, 0.1) is 6.20 Å². The van der Waals surface area contributed by atoms with Gasteiger partial charge in [0.15, 0.2) is 0 Å². The number of halogens is 1. The third-order valence-electron chi connectivity index (χ3n) is 4.84. The highest BCUT2D eigenvalue weighted by Gasteiger charge is 2.24. The molecule has 3 aromatic rings. The highest BCUT2D eigenvalue weighted by Crippen LogP contribution is 2.32. The maximum atomic E-state index is 13.9. The van der Waals surface area contributed by atoms with Gasteiger partial charge in [-0.25, -0.2) is 14.4 Å². The van der Waals surface area contributed by atoms with Crippen LogP contribution in [0, 0.1) is 5.82 Å². The minimum atomic E-state index is -0.294. The van der Waals surface area contributed by atoms with Crippen molar-refractivity contribution in [3.63, 3.8) is 0 Å².